The number of carbonyl (C=O) groups is 3. The van der Waals surface area contributed by atoms with Crippen LogP contribution in [-0.4, -0.2) is 62.5 Å². The minimum absolute atomic E-state index is 0.179. The van der Waals surface area contributed by atoms with Crippen molar-refractivity contribution >= 4 is 18.0 Å². The first kappa shape index (κ1) is 25.5. The third-order valence-electron chi connectivity index (χ3n) is 4.53. The molecule has 0 fully saturated rings. The molecule has 0 saturated heterocycles. The van der Waals surface area contributed by atoms with Crippen molar-refractivity contribution in [2.75, 3.05) is 6.54 Å². The standard InChI is InChI=1S/C24H29NO8/c1-15(32-22(30)17-8-6-5-7-9-17)14-25(23(31)33-24(2,3)4)18(21(28)29)12-16-10-11-19(26)20(27)13-16/h5-11,13,15,18,26-27H,12,14H2,1-4H3,(H,28,29)/t15?,18-/m0/s1. The largest absolute Gasteiger partial charge is 0.504 e. The number of amides is 1. The maximum atomic E-state index is 12.9. The number of benzene rings is 2. The summed E-state index contributed by atoms with van der Waals surface area (Å²) in [5, 5.41) is 29.1. The second kappa shape index (κ2) is 10.7. The van der Waals surface area contributed by atoms with Crippen LogP contribution < -0.4 is 0 Å². The van der Waals surface area contributed by atoms with Crippen LogP contribution in [-0.2, 0) is 20.7 Å². The monoisotopic (exact) mass is 459 g/mol. The molecule has 0 heterocycles. The predicted molar refractivity (Wildman–Crippen MR) is 119 cm³/mol. The van der Waals surface area contributed by atoms with E-state index in [9.17, 15) is 29.7 Å². The maximum Gasteiger partial charge on any atom is 0.411 e. The van der Waals surface area contributed by atoms with E-state index in [1.54, 1.807) is 58.0 Å². The van der Waals surface area contributed by atoms with Crippen LogP contribution in [0.3, 0.4) is 0 Å². The number of hydrogen-bond acceptors (Lipinski definition) is 7. The van der Waals surface area contributed by atoms with Gasteiger partial charge in [-0.3, -0.25) is 4.90 Å². The van der Waals surface area contributed by atoms with Crippen molar-refractivity contribution in [2.45, 2.75) is 51.9 Å². The van der Waals surface area contributed by atoms with Crippen LogP contribution in [0.5, 0.6) is 11.5 Å². The lowest BCUT2D eigenvalue weighted by molar-refractivity contribution is -0.143. The Morgan fingerprint density at radius 1 is 1.00 bits per heavy atom. The Morgan fingerprint density at radius 2 is 1.64 bits per heavy atom. The van der Waals surface area contributed by atoms with Crippen LogP contribution in [0.1, 0.15) is 43.6 Å². The molecule has 0 aliphatic carbocycles. The molecular weight excluding hydrogens is 430 g/mol. The summed E-state index contributed by atoms with van der Waals surface area (Å²) in [6.45, 7) is 6.25. The number of carbonyl (C=O) groups excluding carboxylic acids is 2. The number of nitrogens with zero attached hydrogens (tertiary/aromatic N) is 1. The van der Waals surface area contributed by atoms with Gasteiger partial charge in [0.15, 0.2) is 11.5 Å². The first-order valence-corrected chi connectivity index (χ1v) is 10.4. The fraction of sp³-hybridized carbons (Fsp3) is 0.375. The lowest BCUT2D eigenvalue weighted by atomic mass is 10.0. The van der Waals surface area contributed by atoms with Gasteiger partial charge in [-0.1, -0.05) is 24.3 Å². The average molecular weight is 459 g/mol. The molecule has 1 unspecified atom stereocenters. The summed E-state index contributed by atoms with van der Waals surface area (Å²) in [5.41, 5.74) is -0.193. The zero-order valence-corrected chi connectivity index (χ0v) is 19.0. The quantitative estimate of drug-likeness (QED) is 0.403. The maximum absolute atomic E-state index is 12.9. The number of phenols is 2. The summed E-state index contributed by atoms with van der Waals surface area (Å²) < 4.78 is 10.8. The van der Waals surface area contributed by atoms with Crippen LogP contribution in [0, 0.1) is 0 Å². The molecule has 0 saturated carbocycles. The topological polar surface area (TPSA) is 134 Å². The van der Waals surface area contributed by atoms with Gasteiger partial charge in [0.1, 0.15) is 17.7 Å². The fourth-order valence-corrected chi connectivity index (χ4v) is 3.04. The first-order valence-electron chi connectivity index (χ1n) is 10.4. The minimum Gasteiger partial charge on any atom is -0.504 e. The van der Waals surface area contributed by atoms with Crippen molar-refractivity contribution < 1.29 is 39.2 Å². The van der Waals surface area contributed by atoms with Crippen molar-refractivity contribution in [3.8, 4) is 11.5 Å². The van der Waals surface area contributed by atoms with Crippen molar-refractivity contribution in [1.82, 2.24) is 4.90 Å². The molecule has 0 aliphatic rings. The van der Waals surface area contributed by atoms with E-state index in [0.717, 1.165) is 4.90 Å². The number of carboxylic acids is 1. The molecule has 9 heteroatoms. The molecule has 0 aliphatic heterocycles. The van der Waals surface area contributed by atoms with Gasteiger partial charge in [0.05, 0.1) is 12.1 Å². The van der Waals surface area contributed by atoms with E-state index in [1.165, 1.54) is 18.2 Å². The first-order chi connectivity index (χ1) is 15.4. The van der Waals surface area contributed by atoms with Gasteiger partial charge in [0.2, 0.25) is 0 Å². The number of aliphatic carboxylic acids is 1. The van der Waals surface area contributed by atoms with Crippen molar-refractivity contribution in [3.05, 3.63) is 59.7 Å². The predicted octanol–water partition coefficient (Wildman–Crippen LogP) is 3.58. The number of rotatable bonds is 8. The SMILES string of the molecule is CC(CN(C(=O)OC(C)(C)C)[C@@H](Cc1ccc(O)c(O)c1)C(=O)O)OC(=O)c1ccccc1. The van der Waals surface area contributed by atoms with E-state index >= 15 is 0 Å². The zero-order valence-electron chi connectivity index (χ0n) is 19.0. The van der Waals surface area contributed by atoms with Gasteiger partial charge in [0.25, 0.3) is 0 Å². The fourth-order valence-electron chi connectivity index (χ4n) is 3.04. The highest BCUT2D eigenvalue weighted by atomic mass is 16.6. The number of esters is 1. The smallest absolute Gasteiger partial charge is 0.411 e. The van der Waals surface area contributed by atoms with Crippen LogP contribution >= 0.6 is 0 Å². The highest BCUT2D eigenvalue weighted by Crippen LogP contribution is 2.26. The van der Waals surface area contributed by atoms with Crippen molar-refractivity contribution in [2.24, 2.45) is 0 Å². The second-order valence-corrected chi connectivity index (χ2v) is 8.60. The van der Waals surface area contributed by atoms with E-state index < -0.39 is 41.5 Å². The molecule has 2 aromatic rings. The number of hydrogen-bond donors (Lipinski definition) is 3. The minimum atomic E-state index is -1.39. The molecule has 0 spiro atoms. The molecule has 33 heavy (non-hydrogen) atoms. The summed E-state index contributed by atoms with van der Waals surface area (Å²) >= 11 is 0. The van der Waals surface area contributed by atoms with E-state index in [-0.39, 0.29) is 18.7 Å². The van der Waals surface area contributed by atoms with Gasteiger partial charge in [-0.2, -0.15) is 0 Å². The highest BCUT2D eigenvalue weighted by Gasteiger charge is 2.35. The van der Waals surface area contributed by atoms with Crippen LogP contribution in [0.15, 0.2) is 48.5 Å². The Bertz CT molecular complexity index is 984. The van der Waals surface area contributed by atoms with Gasteiger partial charge < -0.3 is 24.8 Å². The summed E-state index contributed by atoms with van der Waals surface area (Å²) in [6, 6.07) is 10.8. The van der Waals surface area contributed by atoms with Gasteiger partial charge in [0, 0.05) is 6.42 Å². The van der Waals surface area contributed by atoms with Gasteiger partial charge in [-0.25, -0.2) is 14.4 Å². The van der Waals surface area contributed by atoms with E-state index in [2.05, 4.69) is 0 Å². The lowest BCUT2D eigenvalue weighted by Crippen LogP contribution is -2.51. The summed E-state index contributed by atoms with van der Waals surface area (Å²) in [4.78, 5) is 38.4. The molecule has 9 nitrogen and oxygen atoms in total. The molecule has 0 aromatic heterocycles. The third-order valence-corrected chi connectivity index (χ3v) is 4.53. The number of carboxylic acid groups (broad SMARTS) is 1. The normalized spacial score (nSPS) is 13.0. The Morgan fingerprint density at radius 3 is 2.18 bits per heavy atom. The zero-order chi connectivity index (χ0) is 24.8. The molecule has 178 valence electrons. The van der Waals surface area contributed by atoms with E-state index in [1.807, 2.05) is 0 Å². The van der Waals surface area contributed by atoms with Crippen LogP contribution in [0.2, 0.25) is 0 Å². The molecule has 2 atom stereocenters. The Balaban J connectivity index is 2.27. The highest BCUT2D eigenvalue weighted by molar-refractivity contribution is 5.89. The summed E-state index contributed by atoms with van der Waals surface area (Å²) in [7, 11) is 0. The third kappa shape index (κ3) is 7.71. The molecule has 3 N–H and O–H groups in total. The average Bonchev–Trinajstić information content (AvgIpc) is 2.72. The molecule has 2 rings (SSSR count). The summed E-state index contributed by atoms with van der Waals surface area (Å²) in [6.07, 6.45) is -1.91. The Hall–Kier alpha value is -3.75. The van der Waals surface area contributed by atoms with E-state index in [4.69, 9.17) is 9.47 Å². The molecule has 0 radical (unpaired) electrons. The summed E-state index contributed by atoms with van der Waals surface area (Å²) in [5.74, 6) is -2.68. The van der Waals surface area contributed by atoms with Crippen molar-refractivity contribution in [1.29, 1.82) is 0 Å². The van der Waals surface area contributed by atoms with Crippen LogP contribution in [0.4, 0.5) is 4.79 Å². The van der Waals surface area contributed by atoms with Crippen molar-refractivity contribution in [3.63, 3.8) is 0 Å². The van der Waals surface area contributed by atoms with E-state index in [0.29, 0.717) is 11.1 Å². The van der Waals surface area contributed by atoms with Crippen LogP contribution in [0.25, 0.3) is 0 Å². The number of aromatic hydroxyl groups is 2. The molecule has 2 aromatic carbocycles. The molecule has 0 bridgehead atoms. The second-order valence-electron chi connectivity index (χ2n) is 8.60. The molecule has 1 amide bonds. The van der Waals surface area contributed by atoms with Gasteiger partial charge >= 0.3 is 18.0 Å². The lowest BCUT2D eigenvalue weighted by Gasteiger charge is -2.33. The Kier molecular flexibility index (Phi) is 8.28. The molecular formula is C24H29NO8. The number of phenolic OH excluding ortho intramolecular Hbond substituents is 2. The van der Waals surface area contributed by atoms with Gasteiger partial charge in [-0.15, -0.1) is 0 Å². The van der Waals surface area contributed by atoms with Gasteiger partial charge in [-0.05, 0) is 57.5 Å². The number of ether oxygens (including phenoxy) is 2. The Labute approximate surface area is 192 Å².